The number of hydrogen-bond acceptors (Lipinski definition) is 5. The first-order valence-corrected chi connectivity index (χ1v) is 10.9. The van der Waals surface area contributed by atoms with Gasteiger partial charge in [-0.25, -0.2) is 9.59 Å². The second kappa shape index (κ2) is 13.9. The van der Waals surface area contributed by atoms with Crippen LogP contribution in [0.2, 0.25) is 0 Å². The van der Waals surface area contributed by atoms with Crippen molar-refractivity contribution in [1.29, 1.82) is 0 Å². The Morgan fingerprint density at radius 1 is 1.04 bits per heavy atom. The minimum absolute atomic E-state index is 0.121. The number of carbonyl (C=O) groups is 2. The van der Waals surface area contributed by atoms with Gasteiger partial charge in [0.05, 0.1) is 13.2 Å². The van der Waals surface area contributed by atoms with E-state index in [0.29, 0.717) is 31.0 Å². The Labute approximate surface area is 151 Å². The zero-order chi connectivity index (χ0) is 19.1. The smallest absolute Gasteiger partial charge is 0.333 e. The van der Waals surface area contributed by atoms with Crippen LogP contribution in [0, 0.1) is 0 Å². The molecule has 0 saturated heterocycles. The Bertz CT molecular complexity index is 468. The lowest BCUT2D eigenvalue weighted by atomic mass is 10.2. The quantitative estimate of drug-likeness (QED) is 0.210. The molecule has 1 atom stereocenters. The summed E-state index contributed by atoms with van der Waals surface area (Å²) in [5.74, 6) is -0.459. The van der Waals surface area contributed by atoms with E-state index >= 15 is 0 Å². The summed E-state index contributed by atoms with van der Waals surface area (Å²) in [6.07, 6.45) is 4.90. The lowest BCUT2D eigenvalue weighted by Gasteiger charge is -2.15. The molecule has 8 heteroatoms. The zero-order valence-electron chi connectivity index (χ0n) is 15.8. The van der Waals surface area contributed by atoms with Crippen LogP contribution in [-0.2, 0) is 18.6 Å². The average Bonchev–Trinajstić information content (AvgIpc) is 2.57. The van der Waals surface area contributed by atoms with Crippen molar-refractivity contribution in [3.05, 3.63) is 12.2 Å². The van der Waals surface area contributed by atoms with E-state index in [9.17, 15) is 14.2 Å². The Morgan fingerprint density at radius 2 is 1.68 bits per heavy atom. The Morgan fingerprint density at radius 3 is 2.28 bits per heavy atom. The number of urea groups is 1. The number of esters is 1. The highest BCUT2D eigenvalue weighted by molar-refractivity contribution is 7.58. The molecule has 0 fully saturated rings. The number of hydrogen-bond donors (Lipinski definition) is 2. The van der Waals surface area contributed by atoms with E-state index in [-0.39, 0.29) is 19.2 Å². The van der Waals surface area contributed by atoms with Gasteiger partial charge in [-0.2, -0.15) is 0 Å². The third-order valence-electron chi connectivity index (χ3n) is 3.53. The van der Waals surface area contributed by atoms with Crippen LogP contribution in [0.5, 0.6) is 0 Å². The maximum Gasteiger partial charge on any atom is 0.333 e. The van der Waals surface area contributed by atoms with Crippen LogP contribution in [0.4, 0.5) is 4.79 Å². The van der Waals surface area contributed by atoms with E-state index in [1.165, 1.54) is 0 Å². The number of unbranched alkanes of at least 4 members (excludes halogenated alkanes) is 3. The summed E-state index contributed by atoms with van der Waals surface area (Å²) >= 11 is 0. The molecule has 0 spiro atoms. The molecule has 2 amide bonds. The van der Waals surface area contributed by atoms with E-state index in [1.807, 2.05) is 13.8 Å². The predicted molar refractivity (Wildman–Crippen MR) is 100 cm³/mol. The molecule has 25 heavy (non-hydrogen) atoms. The molecular weight excluding hydrogens is 343 g/mol. The van der Waals surface area contributed by atoms with Gasteiger partial charge in [-0.15, -0.1) is 0 Å². The van der Waals surface area contributed by atoms with E-state index in [4.69, 9.17) is 9.26 Å². The van der Waals surface area contributed by atoms with Gasteiger partial charge >= 0.3 is 12.0 Å². The number of ether oxygens (including phenoxy) is 1. The summed E-state index contributed by atoms with van der Waals surface area (Å²) < 4.78 is 22.5. The van der Waals surface area contributed by atoms with Gasteiger partial charge in [-0.1, -0.05) is 26.3 Å². The van der Waals surface area contributed by atoms with Crippen LogP contribution in [0.15, 0.2) is 12.2 Å². The standard InChI is InChI=1S/C17H33N2O5P/c1-5-24-25(22,6-2)14-10-8-7-9-11-18-17(21)19-12-13-23-16(20)15(3)4/h3,5-14H2,1-2,4H3,(H2,18,19,21). The summed E-state index contributed by atoms with van der Waals surface area (Å²) in [4.78, 5) is 22.6. The number of nitrogens with one attached hydrogen (secondary N) is 2. The highest BCUT2D eigenvalue weighted by atomic mass is 31.2. The van der Waals surface area contributed by atoms with Gasteiger partial charge in [0.2, 0.25) is 7.37 Å². The van der Waals surface area contributed by atoms with Crippen molar-refractivity contribution < 1.29 is 23.4 Å². The molecule has 0 rings (SSSR count). The van der Waals surface area contributed by atoms with Gasteiger partial charge in [-0.05, 0) is 26.7 Å². The molecule has 0 aromatic heterocycles. The lowest BCUT2D eigenvalue weighted by Crippen LogP contribution is -2.38. The minimum Gasteiger partial charge on any atom is -0.460 e. The van der Waals surface area contributed by atoms with Crippen molar-refractivity contribution in [2.45, 2.75) is 46.5 Å². The number of amides is 2. The van der Waals surface area contributed by atoms with Crippen molar-refractivity contribution in [3.63, 3.8) is 0 Å². The molecule has 0 radical (unpaired) electrons. The SMILES string of the molecule is C=C(C)C(=O)OCCNC(=O)NCCCCCCP(=O)(CC)OCC. The zero-order valence-corrected chi connectivity index (χ0v) is 16.7. The fourth-order valence-electron chi connectivity index (χ4n) is 2.08. The average molecular weight is 376 g/mol. The molecule has 2 N–H and O–H groups in total. The summed E-state index contributed by atoms with van der Waals surface area (Å²) in [6.45, 7) is 10.3. The summed E-state index contributed by atoms with van der Waals surface area (Å²) in [5.41, 5.74) is 0.334. The molecule has 0 saturated carbocycles. The van der Waals surface area contributed by atoms with Crippen LogP contribution in [-0.4, -0.2) is 50.6 Å². The molecule has 7 nitrogen and oxygen atoms in total. The Kier molecular flexibility index (Phi) is 13.2. The molecular formula is C17H33N2O5P. The Hall–Kier alpha value is -1.33. The van der Waals surface area contributed by atoms with Gasteiger partial charge in [0.15, 0.2) is 0 Å². The molecule has 0 aromatic carbocycles. The van der Waals surface area contributed by atoms with Gasteiger partial charge in [0.1, 0.15) is 6.61 Å². The van der Waals surface area contributed by atoms with Crippen LogP contribution in [0.25, 0.3) is 0 Å². The van der Waals surface area contributed by atoms with Gasteiger partial charge < -0.3 is 19.9 Å². The van der Waals surface area contributed by atoms with Crippen LogP contribution >= 0.6 is 7.37 Å². The van der Waals surface area contributed by atoms with E-state index in [1.54, 1.807) is 6.92 Å². The predicted octanol–water partition coefficient (Wildman–Crippen LogP) is 3.30. The first-order valence-electron chi connectivity index (χ1n) is 8.91. The Balaban J connectivity index is 3.56. The summed E-state index contributed by atoms with van der Waals surface area (Å²) in [7, 11) is -2.42. The monoisotopic (exact) mass is 376 g/mol. The molecule has 0 bridgehead atoms. The second-order valence-corrected chi connectivity index (χ2v) is 8.75. The number of carbonyl (C=O) groups excluding carboxylic acids is 2. The third-order valence-corrected chi connectivity index (χ3v) is 6.22. The fourth-order valence-corrected chi connectivity index (χ4v) is 3.88. The van der Waals surface area contributed by atoms with Crippen LogP contribution in [0.1, 0.15) is 46.5 Å². The highest BCUT2D eigenvalue weighted by Crippen LogP contribution is 2.47. The molecule has 146 valence electrons. The van der Waals surface area contributed by atoms with Crippen molar-refractivity contribution >= 4 is 19.4 Å². The third kappa shape index (κ3) is 12.7. The van der Waals surface area contributed by atoms with Crippen molar-refractivity contribution in [3.8, 4) is 0 Å². The van der Waals surface area contributed by atoms with Crippen molar-refractivity contribution in [2.75, 3.05) is 38.6 Å². The maximum atomic E-state index is 12.2. The van der Waals surface area contributed by atoms with Gasteiger partial charge in [0.25, 0.3) is 0 Å². The lowest BCUT2D eigenvalue weighted by molar-refractivity contribution is -0.138. The van der Waals surface area contributed by atoms with E-state index < -0.39 is 13.3 Å². The van der Waals surface area contributed by atoms with Gasteiger partial charge in [-0.3, -0.25) is 4.57 Å². The van der Waals surface area contributed by atoms with Crippen LogP contribution in [0.3, 0.4) is 0 Å². The van der Waals surface area contributed by atoms with Crippen molar-refractivity contribution in [2.24, 2.45) is 0 Å². The molecule has 0 heterocycles. The molecule has 1 unspecified atom stereocenters. The highest BCUT2D eigenvalue weighted by Gasteiger charge is 2.18. The molecule has 0 aliphatic rings. The van der Waals surface area contributed by atoms with Crippen molar-refractivity contribution in [1.82, 2.24) is 10.6 Å². The normalized spacial score (nSPS) is 12.9. The van der Waals surface area contributed by atoms with E-state index in [0.717, 1.165) is 25.7 Å². The fraction of sp³-hybridized carbons (Fsp3) is 0.765. The topological polar surface area (TPSA) is 93.7 Å². The molecule has 0 aliphatic heterocycles. The first-order chi connectivity index (χ1) is 11.8. The summed E-state index contributed by atoms with van der Waals surface area (Å²) in [6, 6.07) is -0.279. The molecule has 0 aliphatic carbocycles. The largest absolute Gasteiger partial charge is 0.460 e. The molecule has 0 aromatic rings. The second-order valence-electron chi connectivity index (χ2n) is 5.79. The van der Waals surface area contributed by atoms with E-state index in [2.05, 4.69) is 17.2 Å². The minimum atomic E-state index is -2.42. The summed E-state index contributed by atoms with van der Waals surface area (Å²) in [5, 5.41) is 5.35. The van der Waals surface area contributed by atoms with Gasteiger partial charge in [0, 0.05) is 24.4 Å². The maximum absolute atomic E-state index is 12.2. The first kappa shape index (κ1) is 23.7. The van der Waals surface area contributed by atoms with Crippen LogP contribution < -0.4 is 10.6 Å². The number of rotatable bonds is 14.